The van der Waals surface area contributed by atoms with Gasteiger partial charge in [-0.15, -0.1) is 0 Å². The van der Waals surface area contributed by atoms with Gasteiger partial charge in [-0.1, -0.05) is 34.8 Å². The van der Waals surface area contributed by atoms with Crippen LogP contribution in [0, 0.1) is 5.92 Å². The molecule has 8 heteroatoms. The number of amides is 2. The highest BCUT2D eigenvalue weighted by Gasteiger charge is 2.31. The summed E-state index contributed by atoms with van der Waals surface area (Å²) in [4.78, 5) is 24.3. The summed E-state index contributed by atoms with van der Waals surface area (Å²) in [5, 5.41) is 12.3. The van der Waals surface area contributed by atoms with Gasteiger partial charge in [0.25, 0.3) is 0 Å². The van der Waals surface area contributed by atoms with Gasteiger partial charge in [-0.2, -0.15) is 0 Å². The quantitative estimate of drug-likeness (QED) is 0.810. The maximum absolute atomic E-state index is 12.0. The minimum Gasteiger partial charge on any atom is -0.481 e. The van der Waals surface area contributed by atoms with Crippen molar-refractivity contribution in [1.29, 1.82) is 0 Å². The molecule has 0 aliphatic carbocycles. The number of carbonyl (C=O) groups is 2. The number of likely N-dealkylation sites (tertiary alicyclic amines) is 1. The molecule has 1 aliphatic heterocycles. The van der Waals surface area contributed by atoms with E-state index in [2.05, 4.69) is 5.32 Å². The van der Waals surface area contributed by atoms with Crippen LogP contribution in [0.1, 0.15) is 6.42 Å². The van der Waals surface area contributed by atoms with Crippen molar-refractivity contribution in [3.63, 3.8) is 0 Å². The van der Waals surface area contributed by atoms with Crippen LogP contribution in [0.2, 0.25) is 15.1 Å². The molecule has 0 bridgehead atoms. The predicted molar refractivity (Wildman–Crippen MR) is 77.8 cm³/mol. The van der Waals surface area contributed by atoms with E-state index in [1.807, 2.05) is 0 Å². The molecule has 108 valence electrons. The van der Waals surface area contributed by atoms with E-state index in [0.29, 0.717) is 23.7 Å². The number of hydrogen-bond acceptors (Lipinski definition) is 2. The Kier molecular flexibility index (Phi) is 4.62. The van der Waals surface area contributed by atoms with Gasteiger partial charge in [-0.05, 0) is 18.6 Å². The van der Waals surface area contributed by atoms with Crippen LogP contribution in [-0.2, 0) is 4.79 Å². The van der Waals surface area contributed by atoms with Crippen molar-refractivity contribution in [2.24, 2.45) is 5.92 Å². The number of aliphatic carboxylic acids is 1. The predicted octanol–water partition coefficient (Wildman–Crippen LogP) is 3.59. The second-order valence-corrected chi connectivity index (χ2v) is 5.67. The summed E-state index contributed by atoms with van der Waals surface area (Å²) in [6.07, 6.45) is 0.442. The topological polar surface area (TPSA) is 69.6 Å². The highest BCUT2D eigenvalue weighted by Crippen LogP contribution is 2.32. The second kappa shape index (κ2) is 6.08. The number of halogens is 3. The smallest absolute Gasteiger partial charge is 0.321 e. The van der Waals surface area contributed by atoms with Crippen molar-refractivity contribution >= 4 is 52.5 Å². The number of carboxylic acids is 1. The molecule has 1 heterocycles. The first-order chi connectivity index (χ1) is 9.38. The average molecular weight is 338 g/mol. The van der Waals surface area contributed by atoms with E-state index in [9.17, 15) is 9.59 Å². The van der Waals surface area contributed by atoms with Gasteiger partial charge in [0.15, 0.2) is 0 Å². The van der Waals surface area contributed by atoms with Crippen LogP contribution >= 0.6 is 34.8 Å². The van der Waals surface area contributed by atoms with E-state index < -0.39 is 17.9 Å². The summed E-state index contributed by atoms with van der Waals surface area (Å²) < 4.78 is 0. The Bertz CT molecular complexity index is 565. The normalized spacial score (nSPS) is 18.1. The molecule has 1 atom stereocenters. The fraction of sp³-hybridized carbons (Fsp3) is 0.333. The van der Waals surface area contributed by atoms with Crippen molar-refractivity contribution in [2.75, 3.05) is 18.4 Å². The number of carboxylic acid groups (broad SMARTS) is 1. The van der Waals surface area contributed by atoms with Gasteiger partial charge in [0.2, 0.25) is 0 Å². The van der Waals surface area contributed by atoms with Gasteiger partial charge in [0.1, 0.15) is 0 Å². The van der Waals surface area contributed by atoms with Crippen LogP contribution in [-0.4, -0.2) is 35.1 Å². The van der Waals surface area contributed by atoms with Crippen molar-refractivity contribution in [3.05, 3.63) is 27.2 Å². The van der Waals surface area contributed by atoms with Crippen LogP contribution in [0.3, 0.4) is 0 Å². The molecule has 0 aromatic heterocycles. The third-order valence-electron chi connectivity index (χ3n) is 3.08. The molecule has 2 N–H and O–H groups in total. The van der Waals surface area contributed by atoms with E-state index in [-0.39, 0.29) is 16.6 Å². The third-order valence-corrected chi connectivity index (χ3v) is 4.11. The van der Waals surface area contributed by atoms with Gasteiger partial charge >= 0.3 is 12.0 Å². The lowest BCUT2D eigenvalue weighted by Crippen LogP contribution is -2.33. The van der Waals surface area contributed by atoms with Gasteiger partial charge in [-0.25, -0.2) is 4.79 Å². The lowest BCUT2D eigenvalue weighted by molar-refractivity contribution is -0.141. The minimum atomic E-state index is -0.895. The molecule has 0 radical (unpaired) electrons. The summed E-state index contributed by atoms with van der Waals surface area (Å²) >= 11 is 17.6. The molecule has 2 rings (SSSR count). The molecule has 1 fully saturated rings. The Morgan fingerprint density at radius 1 is 1.20 bits per heavy atom. The largest absolute Gasteiger partial charge is 0.481 e. The van der Waals surface area contributed by atoms with Crippen LogP contribution in [0.5, 0.6) is 0 Å². The molecule has 2 amide bonds. The van der Waals surface area contributed by atoms with E-state index in [4.69, 9.17) is 39.9 Å². The third kappa shape index (κ3) is 3.29. The Morgan fingerprint density at radius 2 is 1.85 bits per heavy atom. The highest BCUT2D eigenvalue weighted by atomic mass is 35.5. The zero-order valence-corrected chi connectivity index (χ0v) is 12.5. The second-order valence-electron chi connectivity index (χ2n) is 4.45. The van der Waals surface area contributed by atoms with Crippen LogP contribution in [0.25, 0.3) is 0 Å². The Balaban J connectivity index is 2.06. The standard InChI is InChI=1S/C12H11Cl3N2O3/c13-7-3-9(15)10(4-8(7)14)16-12(20)17-2-1-6(5-17)11(18)19/h3-4,6H,1-2,5H2,(H,16,20)(H,18,19). The molecular weight excluding hydrogens is 327 g/mol. The number of rotatable bonds is 2. The van der Waals surface area contributed by atoms with Crippen molar-refractivity contribution in [1.82, 2.24) is 4.90 Å². The Hall–Kier alpha value is -1.17. The lowest BCUT2D eigenvalue weighted by Gasteiger charge is -2.17. The van der Waals surface area contributed by atoms with Crippen molar-refractivity contribution < 1.29 is 14.7 Å². The van der Waals surface area contributed by atoms with Crippen molar-refractivity contribution in [3.8, 4) is 0 Å². The first-order valence-electron chi connectivity index (χ1n) is 5.81. The lowest BCUT2D eigenvalue weighted by atomic mass is 10.1. The summed E-state index contributed by atoms with van der Waals surface area (Å²) in [6, 6.07) is 2.48. The number of nitrogens with zero attached hydrogens (tertiary/aromatic N) is 1. The Labute approximate surface area is 130 Å². The zero-order chi connectivity index (χ0) is 14.9. The van der Waals surface area contributed by atoms with Crippen molar-refractivity contribution in [2.45, 2.75) is 6.42 Å². The number of carbonyl (C=O) groups excluding carboxylic acids is 1. The monoisotopic (exact) mass is 336 g/mol. The zero-order valence-electron chi connectivity index (χ0n) is 10.2. The molecule has 5 nitrogen and oxygen atoms in total. The highest BCUT2D eigenvalue weighted by molar-refractivity contribution is 6.44. The number of urea groups is 1. The van der Waals surface area contributed by atoms with Crippen LogP contribution in [0.4, 0.5) is 10.5 Å². The molecule has 1 aromatic carbocycles. The minimum absolute atomic E-state index is 0.181. The van der Waals surface area contributed by atoms with E-state index in [1.165, 1.54) is 17.0 Å². The van der Waals surface area contributed by atoms with E-state index >= 15 is 0 Å². The molecule has 0 saturated carbocycles. The maximum Gasteiger partial charge on any atom is 0.321 e. The fourth-order valence-electron chi connectivity index (χ4n) is 1.96. The Morgan fingerprint density at radius 3 is 2.45 bits per heavy atom. The molecule has 0 spiro atoms. The molecule has 20 heavy (non-hydrogen) atoms. The molecular formula is C12H11Cl3N2O3. The number of nitrogens with one attached hydrogen (secondary N) is 1. The summed E-state index contributed by atoms with van der Waals surface area (Å²) in [6.45, 7) is 0.571. The first-order valence-corrected chi connectivity index (χ1v) is 6.95. The van der Waals surface area contributed by atoms with Gasteiger partial charge in [0, 0.05) is 13.1 Å². The molecule has 1 saturated heterocycles. The first kappa shape index (κ1) is 15.2. The van der Waals surface area contributed by atoms with Crippen LogP contribution in [0.15, 0.2) is 12.1 Å². The number of hydrogen-bond donors (Lipinski definition) is 2. The number of anilines is 1. The summed E-state index contributed by atoms with van der Waals surface area (Å²) in [5.74, 6) is -1.42. The maximum atomic E-state index is 12.0. The number of benzene rings is 1. The SMILES string of the molecule is O=C(O)C1CCN(C(=O)Nc2cc(Cl)c(Cl)cc2Cl)C1. The molecule has 1 aromatic rings. The van der Waals surface area contributed by atoms with Gasteiger partial charge < -0.3 is 15.3 Å². The fourth-order valence-corrected chi connectivity index (χ4v) is 2.55. The molecule has 1 unspecified atom stereocenters. The van der Waals surface area contributed by atoms with E-state index in [0.717, 1.165) is 0 Å². The molecule has 1 aliphatic rings. The van der Waals surface area contributed by atoms with Crippen LogP contribution < -0.4 is 5.32 Å². The summed E-state index contributed by atoms with van der Waals surface area (Å²) in [7, 11) is 0. The van der Waals surface area contributed by atoms with E-state index in [1.54, 1.807) is 0 Å². The van der Waals surface area contributed by atoms with Gasteiger partial charge in [0.05, 0.1) is 26.7 Å². The van der Waals surface area contributed by atoms with Gasteiger partial charge in [-0.3, -0.25) is 4.79 Å². The summed E-state index contributed by atoms with van der Waals surface area (Å²) in [5.41, 5.74) is 0.338. The average Bonchev–Trinajstić information content (AvgIpc) is 2.85.